The van der Waals surface area contributed by atoms with Gasteiger partial charge in [-0.15, -0.1) is 11.6 Å². The molecule has 0 atom stereocenters. The molecule has 0 heterocycles. The van der Waals surface area contributed by atoms with Crippen molar-refractivity contribution in [3.05, 3.63) is 29.1 Å². The van der Waals surface area contributed by atoms with Gasteiger partial charge in [0.05, 0.1) is 18.9 Å². The monoisotopic (exact) mass is 296 g/mol. The Bertz CT molecular complexity index is 452. The van der Waals surface area contributed by atoms with Crippen LogP contribution in [0.5, 0.6) is 5.75 Å². The molecule has 0 N–H and O–H groups in total. The summed E-state index contributed by atoms with van der Waals surface area (Å²) in [5.41, 5.74) is -0.0679. The van der Waals surface area contributed by atoms with Crippen LogP contribution in [-0.2, 0) is 21.8 Å². The molecular weight excluding hydrogens is 285 g/mol. The van der Waals surface area contributed by atoms with Gasteiger partial charge >= 0.3 is 12.6 Å². The molecule has 1 aromatic carbocycles. The van der Waals surface area contributed by atoms with Crippen molar-refractivity contribution >= 4 is 17.6 Å². The summed E-state index contributed by atoms with van der Waals surface area (Å²) >= 11 is 5.57. The number of hydrogen-bond donors (Lipinski definition) is 0. The largest absolute Gasteiger partial charge is 0.466 e. The topological polar surface area (TPSA) is 35.5 Å². The lowest BCUT2D eigenvalue weighted by Crippen LogP contribution is -2.13. The third-order valence-electron chi connectivity index (χ3n) is 2.31. The van der Waals surface area contributed by atoms with E-state index in [1.165, 1.54) is 0 Å². The predicted octanol–water partition coefficient (Wildman–Crippen LogP) is 3.27. The number of carbonyl (C=O) groups is 1. The number of hydrogen-bond acceptors (Lipinski definition) is 3. The minimum absolute atomic E-state index is 0.0197. The Labute approximate surface area is 113 Å². The first kappa shape index (κ1) is 15.6. The van der Waals surface area contributed by atoms with Crippen LogP contribution in [0.1, 0.15) is 18.1 Å². The minimum Gasteiger partial charge on any atom is -0.466 e. The zero-order valence-electron chi connectivity index (χ0n) is 10.1. The third kappa shape index (κ3) is 4.31. The molecule has 0 radical (unpaired) electrons. The lowest BCUT2D eigenvalue weighted by Gasteiger charge is -2.14. The first-order valence-electron chi connectivity index (χ1n) is 5.46. The molecule has 3 nitrogen and oxygen atoms in total. The highest BCUT2D eigenvalue weighted by Gasteiger charge is 2.19. The van der Waals surface area contributed by atoms with Gasteiger partial charge in [0.1, 0.15) is 11.6 Å². The smallest absolute Gasteiger partial charge is 0.387 e. The number of benzene rings is 1. The Morgan fingerprint density at radius 3 is 2.58 bits per heavy atom. The molecule has 7 heteroatoms. The average molecular weight is 297 g/mol. The molecule has 0 saturated heterocycles. The highest BCUT2D eigenvalue weighted by molar-refractivity contribution is 6.17. The summed E-state index contributed by atoms with van der Waals surface area (Å²) in [6.07, 6.45) is -0.379. The second-order valence-corrected chi connectivity index (χ2v) is 3.76. The maximum atomic E-state index is 13.5. The van der Waals surface area contributed by atoms with Crippen LogP contribution >= 0.6 is 11.6 Å². The standard InChI is InChI=1S/C12H12ClF3O3/c1-2-18-11(17)5-7-8(6-13)9(14)3-4-10(7)19-12(15)16/h3-4,12H,2,5-6H2,1H3. The lowest BCUT2D eigenvalue weighted by molar-refractivity contribution is -0.142. The van der Waals surface area contributed by atoms with E-state index in [0.717, 1.165) is 12.1 Å². The van der Waals surface area contributed by atoms with Crippen molar-refractivity contribution in [3.63, 3.8) is 0 Å². The third-order valence-corrected chi connectivity index (χ3v) is 2.57. The van der Waals surface area contributed by atoms with Gasteiger partial charge < -0.3 is 9.47 Å². The molecule has 0 spiro atoms. The lowest BCUT2D eigenvalue weighted by atomic mass is 10.0. The van der Waals surface area contributed by atoms with E-state index in [2.05, 4.69) is 4.74 Å². The van der Waals surface area contributed by atoms with Crippen LogP contribution in [0, 0.1) is 5.82 Å². The van der Waals surface area contributed by atoms with Crippen LogP contribution in [-0.4, -0.2) is 19.2 Å². The Kier molecular flexibility index (Phi) is 5.95. The van der Waals surface area contributed by atoms with E-state index < -0.39 is 18.4 Å². The summed E-state index contributed by atoms with van der Waals surface area (Å²) in [6, 6.07) is 2.00. The fourth-order valence-corrected chi connectivity index (χ4v) is 1.83. The van der Waals surface area contributed by atoms with Gasteiger partial charge in [0.25, 0.3) is 0 Å². The van der Waals surface area contributed by atoms with Crippen molar-refractivity contribution in [1.29, 1.82) is 0 Å². The van der Waals surface area contributed by atoms with Crippen LogP contribution in [0.3, 0.4) is 0 Å². The van der Waals surface area contributed by atoms with Crippen LogP contribution in [0.25, 0.3) is 0 Å². The second kappa shape index (κ2) is 7.23. The zero-order valence-corrected chi connectivity index (χ0v) is 10.8. The van der Waals surface area contributed by atoms with Gasteiger partial charge in [-0.1, -0.05) is 0 Å². The molecule has 0 fully saturated rings. The number of halogens is 4. The van der Waals surface area contributed by atoms with Gasteiger partial charge in [-0.2, -0.15) is 8.78 Å². The molecule has 19 heavy (non-hydrogen) atoms. The van der Waals surface area contributed by atoms with Crippen LogP contribution in [0.2, 0.25) is 0 Å². The zero-order chi connectivity index (χ0) is 14.4. The first-order valence-corrected chi connectivity index (χ1v) is 5.99. The summed E-state index contributed by atoms with van der Waals surface area (Å²) in [5, 5.41) is 0. The summed E-state index contributed by atoms with van der Waals surface area (Å²) in [5.74, 6) is -1.89. The number of esters is 1. The van der Waals surface area contributed by atoms with E-state index in [-0.39, 0.29) is 35.8 Å². The van der Waals surface area contributed by atoms with Gasteiger partial charge in [0.2, 0.25) is 0 Å². The van der Waals surface area contributed by atoms with E-state index in [4.69, 9.17) is 16.3 Å². The molecule has 106 valence electrons. The maximum Gasteiger partial charge on any atom is 0.387 e. The highest BCUT2D eigenvalue weighted by atomic mass is 35.5. The van der Waals surface area contributed by atoms with E-state index in [9.17, 15) is 18.0 Å². The Morgan fingerprint density at radius 2 is 2.05 bits per heavy atom. The van der Waals surface area contributed by atoms with Crippen LogP contribution in [0.4, 0.5) is 13.2 Å². The number of ether oxygens (including phenoxy) is 2. The van der Waals surface area contributed by atoms with Gasteiger partial charge in [-0.25, -0.2) is 4.39 Å². The predicted molar refractivity (Wildman–Crippen MR) is 62.9 cm³/mol. The Hall–Kier alpha value is -1.43. The number of rotatable bonds is 6. The molecular formula is C12H12ClF3O3. The molecule has 0 unspecified atom stereocenters. The molecule has 0 aliphatic rings. The van der Waals surface area contributed by atoms with Crippen molar-refractivity contribution in [2.75, 3.05) is 6.61 Å². The fraction of sp³-hybridized carbons (Fsp3) is 0.417. The van der Waals surface area contributed by atoms with Crippen LogP contribution in [0.15, 0.2) is 12.1 Å². The van der Waals surface area contributed by atoms with Gasteiger partial charge in [0, 0.05) is 11.1 Å². The summed E-state index contributed by atoms with van der Waals surface area (Å²) in [6.45, 7) is -1.34. The fourth-order valence-electron chi connectivity index (χ4n) is 1.54. The Morgan fingerprint density at radius 1 is 1.37 bits per heavy atom. The summed E-state index contributed by atoms with van der Waals surface area (Å²) < 4.78 is 47.0. The summed E-state index contributed by atoms with van der Waals surface area (Å²) in [7, 11) is 0. The minimum atomic E-state index is -3.07. The van der Waals surface area contributed by atoms with Crippen molar-refractivity contribution in [1.82, 2.24) is 0 Å². The number of carbonyl (C=O) groups excluding carboxylic acids is 1. The highest BCUT2D eigenvalue weighted by Crippen LogP contribution is 2.28. The molecule has 1 aromatic rings. The summed E-state index contributed by atoms with van der Waals surface area (Å²) in [4.78, 5) is 11.4. The SMILES string of the molecule is CCOC(=O)Cc1c(OC(F)F)ccc(F)c1CCl. The average Bonchev–Trinajstić information content (AvgIpc) is 2.33. The van der Waals surface area contributed by atoms with E-state index in [1.54, 1.807) is 6.92 Å². The first-order chi connectivity index (χ1) is 8.99. The molecule has 0 amide bonds. The maximum absolute atomic E-state index is 13.5. The van der Waals surface area contributed by atoms with E-state index >= 15 is 0 Å². The normalized spacial score (nSPS) is 10.6. The van der Waals surface area contributed by atoms with Gasteiger partial charge in [0.15, 0.2) is 0 Å². The second-order valence-electron chi connectivity index (χ2n) is 3.50. The molecule has 0 aliphatic carbocycles. The molecule has 0 saturated carbocycles. The quantitative estimate of drug-likeness (QED) is 0.597. The van der Waals surface area contributed by atoms with E-state index in [0.29, 0.717) is 0 Å². The number of alkyl halides is 3. The van der Waals surface area contributed by atoms with Gasteiger partial charge in [-0.3, -0.25) is 4.79 Å². The molecule has 0 bridgehead atoms. The van der Waals surface area contributed by atoms with Crippen molar-refractivity contribution in [3.8, 4) is 5.75 Å². The van der Waals surface area contributed by atoms with Crippen molar-refractivity contribution in [2.45, 2.75) is 25.8 Å². The molecule has 0 aromatic heterocycles. The van der Waals surface area contributed by atoms with Crippen molar-refractivity contribution < 1.29 is 27.4 Å². The molecule has 1 rings (SSSR count). The van der Waals surface area contributed by atoms with Gasteiger partial charge in [-0.05, 0) is 19.1 Å². The Balaban J connectivity index is 3.13. The van der Waals surface area contributed by atoms with Crippen molar-refractivity contribution in [2.24, 2.45) is 0 Å². The molecule has 0 aliphatic heterocycles. The van der Waals surface area contributed by atoms with E-state index in [1.807, 2.05) is 0 Å². The van der Waals surface area contributed by atoms with Crippen LogP contribution < -0.4 is 4.74 Å².